The molecule has 2 atom stereocenters. The van der Waals surface area contributed by atoms with Gasteiger partial charge in [-0.3, -0.25) is 0 Å². The van der Waals surface area contributed by atoms with E-state index >= 15 is 0 Å². The Morgan fingerprint density at radius 3 is 2.68 bits per heavy atom. The second-order valence-corrected chi connectivity index (χ2v) is 5.47. The quantitative estimate of drug-likeness (QED) is 0.863. The van der Waals surface area contributed by atoms with Gasteiger partial charge in [-0.05, 0) is 41.9 Å². The van der Waals surface area contributed by atoms with E-state index in [1.165, 1.54) is 30.4 Å². The smallest absolute Gasteiger partial charge is 0.277 e. The fourth-order valence-electron chi connectivity index (χ4n) is 2.21. The van der Waals surface area contributed by atoms with Crippen LogP contribution in [-0.4, -0.2) is 19.0 Å². The molecule has 1 nitrogen and oxygen atoms in total. The van der Waals surface area contributed by atoms with Crippen molar-refractivity contribution >= 4 is 21.4 Å². The van der Waals surface area contributed by atoms with Crippen molar-refractivity contribution in [3.63, 3.8) is 0 Å². The molecule has 0 bridgehead atoms. The molecule has 1 N–H and O–H groups in total. The second kappa shape index (κ2) is 5.51. The van der Waals surface area contributed by atoms with E-state index in [4.69, 9.17) is 0 Å². The lowest BCUT2D eigenvalue weighted by Gasteiger charge is -2.31. The van der Waals surface area contributed by atoms with Gasteiger partial charge in [0.2, 0.25) is 5.67 Å². The highest BCUT2D eigenvalue weighted by Crippen LogP contribution is 2.38. The molecule has 0 saturated carbocycles. The third kappa shape index (κ3) is 2.49. The number of rotatable bonds is 5. The van der Waals surface area contributed by atoms with Gasteiger partial charge >= 0.3 is 0 Å². The van der Waals surface area contributed by atoms with E-state index in [9.17, 15) is 13.2 Å². The Morgan fingerprint density at radius 2 is 2.05 bits per heavy atom. The first kappa shape index (κ1) is 14.3. The van der Waals surface area contributed by atoms with E-state index in [0.717, 1.165) is 10.1 Å². The molecule has 19 heavy (non-hydrogen) atoms. The van der Waals surface area contributed by atoms with Crippen LogP contribution in [0.2, 0.25) is 0 Å². The highest BCUT2D eigenvalue weighted by molar-refractivity contribution is 7.17. The van der Waals surface area contributed by atoms with Crippen LogP contribution in [0.25, 0.3) is 10.1 Å². The van der Waals surface area contributed by atoms with Gasteiger partial charge < -0.3 is 5.32 Å². The van der Waals surface area contributed by atoms with Gasteiger partial charge in [0.05, 0.1) is 0 Å². The van der Waals surface area contributed by atoms with Crippen LogP contribution in [0.1, 0.15) is 19.4 Å². The van der Waals surface area contributed by atoms with Gasteiger partial charge in [0.15, 0.2) is 0 Å². The number of halogens is 3. The van der Waals surface area contributed by atoms with Crippen molar-refractivity contribution in [3.05, 3.63) is 35.2 Å². The minimum Gasteiger partial charge on any atom is -0.311 e. The minimum absolute atomic E-state index is 0.0332. The molecule has 0 fully saturated rings. The predicted molar refractivity (Wildman–Crippen MR) is 73.8 cm³/mol. The molecule has 0 spiro atoms. The van der Waals surface area contributed by atoms with Crippen LogP contribution in [0.3, 0.4) is 0 Å². The summed E-state index contributed by atoms with van der Waals surface area (Å²) in [5.74, 6) is 0. The topological polar surface area (TPSA) is 12.0 Å². The van der Waals surface area contributed by atoms with Gasteiger partial charge in [-0.25, -0.2) is 13.2 Å². The summed E-state index contributed by atoms with van der Waals surface area (Å²) < 4.78 is 42.2. The molecular formula is C14H16F3NS. The number of thiophene rings is 1. The number of benzene rings is 1. The Kier molecular flexibility index (Phi) is 4.16. The monoisotopic (exact) mass is 287 g/mol. The first-order valence-electron chi connectivity index (χ1n) is 6.18. The van der Waals surface area contributed by atoms with Crippen molar-refractivity contribution in [2.75, 3.05) is 6.54 Å². The Morgan fingerprint density at radius 1 is 1.32 bits per heavy atom. The zero-order chi connectivity index (χ0) is 14.0. The van der Waals surface area contributed by atoms with E-state index in [1.807, 2.05) is 11.4 Å². The summed E-state index contributed by atoms with van der Waals surface area (Å²) in [6.07, 6.45) is -3.07. The highest BCUT2D eigenvalue weighted by atomic mass is 32.1. The van der Waals surface area contributed by atoms with Gasteiger partial charge in [-0.2, -0.15) is 0 Å². The molecule has 1 aromatic carbocycles. The standard InChI is InChI=1S/C14H16F3NS/c1-3-18-9(2)14(17,13(15)16)11-5-4-10-6-7-19-12(10)8-11/h4-9,13,18H,3H2,1-2H3. The third-order valence-electron chi connectivity index (χ3n) is 3.36. The predicted octanol–water partition coefficient (Wildman–Crippen LogP) is 4.33. The van der Waals surface area contributed by atoms with Gasteiger partial charge in [0.25, 0.3) is 6.43 Å². The van der Waals surface area contributed by atoms with Crippen LogP contribution in [0.15, 0.2) is 29.6 Å². The summed E-state index contributed by atoms with van der Waals surface area (Å²) in [7, 11) is 0. The van der Waals surface area contributed by atoms with Crippen LogP contribution in [0.4, 0.5) is 13.2 Å². The van der Waals surface area contributed by atoms with Crippen LogP contribution in [-0.2, 0) is 5.67 Å². The number of nitrogens with one attached hydrogen (secondary N) is 1. The van der Waals surface area contributed by atoms with Crippen LogP contribution >= 0.6 is 11.3 Å². The van der Waals surface area contributed by atoms with Crippen molar-refractivity contribution in [2.24, 2.45) is 0 Å². The fraction of sp³-hybridized carbons (Fsp3) is 0.429. The zero-order valence-corrected chi connectivity index (χ0v) is 11.6. The normalized spacial score (nSPS) is 16.7. The fourth-order valence-corrected chi connectivity index (χ4v) is 3.04. The number of hydrogen-bond donors (Lipinski definition) is 1. The lowest BCUT2D eigenvalue weighted by Crippen LogP contribution is -2.48. The Balaban J connectivity index is 2.47. The Hall–Kier alpha value is -1.07. The number of alkyl halides is 3. The molecule has 0 aliphatic rings. The van der Waals surface area contributed by atoms with Crippen LogP contribution in [0, 0.1) is 0 Å². The zero-order valence-electron chi connectivity index (χ0n) is 10.8. The summed E-state index contributed by atoms with van der Waals surface area (Å²) in [6, 6.07) is 5.61. The summed E-state index contributed by atoms with van der Waals surface area (Å²) in [6.45, 7) is 3.67. The average molecular weight is 287 g/mol. The SMILES string of the molecule is CCNC(C)C(F)(c1ccc2ccsc2c1)C(F)F. The molecular weight excluding hydrogens is 271 g/mol. The van der Waals surface area contributed by atoms with Crippen molar-refractivity contribution < 1.29 is 13.2 Å². The molecule has 0 aliphatic heterocycles. The lowest BCUT2D eigenvalue weighted by molar-refractivity contribution is -0.0599. The minimum atomic E-state index is -3.07. The number of likely N-dealkylation sites (N-methyl/N-ethyl adjacent to an activating group) is 1. The molecule has 2 unspecified atom stereocenters. The first-order valence-corrected chi connectivity index (χ1v) is 7.06. The second-order valence-electron chi connectivity index (χ2n) is 4.52. The van der Waals surface area contributed by atoms with Crippen molar-refractivity contribution in [3.8, 4) is 0 Å². The summed E-state index contributed by atoms with van der Waals surface area (Å²) in [5.41, 5.74) is -2.64. The maximum absolute atomic E-state index is 14.9. The largest absolute Gasteiger partial charge is 0.311 e. The summed E-state index contributed by atoms with van der Waals surface area (Å²) >= 11 is 1.42. The number of fused-ring (bicyclic) bond motifs is 1. The molecule has 5 heteroatoms. The molecule has 104 valence electrons. The van der Waals surface area contributed by atoms with E-state index in [2.05, 4.69) is 5.32 Å². The maximum atomic E-state index is 14.9. The van der Waals surface area contributed by atoms with Crippen molar-refractivity contribution in [1.82, 2.24) is 5.32 Å². The molecule has 1 aromatic heterocycles. The Labute approximate surface area is 114 Å². The van der Waals surface area contributed by atoms with Gasteiger partial charge in [0.1, 0.15) is 0 Å². The first-order chi connectivity index (χ1) is 9.00. The van der Waals surface area contributed by atoms with Crippen LogP contribution in [0.5, 0.6) is 0 Å². The average Bonchev–Trinajstić information content (AvgIpc) is 2.84. The number of hydrogen-bond acceptors (Lipinski definition) is 2. The molecule has 0 amide bonds. The van der Waals surface area contributed by atoms with E-state index in [1.54, 1.807) is 13.0 Å². The Bertz CT molecular complexity index is 554. The maximum Gasteiger partial charge on any atom is 0.277 e. The third-order valence-corrected chi connectivity index (χ3v) is 4.24. The highest BCUT2D eigenvalue weighted by Gasteiger charge is 2.47. The van der Waals surface area contributed by atoms with Gasteiger partial charge in [-0.1, -0.05) is 19.1 Å². The van der Waals surface area contributed by atoms with Gasteiger partial charge in [-0.15, -0.1) is 11.3 Å². The van der Waals surface area contributed by atoms with Crippen molar-refractivity contribution in [2.45, 2.75) is 32.0 Å². The molecule has 0 radical (unpaired) electrons. The molecule has 0 aliphatic carbocycles. The molecule has 2 rings (SSSR count). The summed E-state index contributed by atoms with van der Waals surface area (Å²) in [5, 5.41) is 5.57. The van der Waals surface area contributed by atoms with E-state index in [0.29, 0.717) is 6.54 Å². The summed E-state index contributed by atoms with van der Waals surface area (Å²) in [4.78, 5) is 0. The molecule has 0 saturated heterocycles. The van der Waals surface area contributed by atoms with Crippen LogP contribution < -0.4 is 5.32 Å². The lowest BCUT2D eigenvalue weighted by atomic mass is 9.89. The molecule has 2 aromatic rings. The van der Waals surface area contributed by atoms with Crippen molar-refractivity contribution in [1.29, 1.82) is 0 Å². The van der Waals surface area contributed by atoms with E-state index < -0.39 is 18.1 Å². The molecule has 1 heterocycles. The van der Waals surface area contributed by atoms with Gasteiger partial charge in [0, 0.05) is 10.7 Å². The van der Waals surface area contributed by atoms with E-state index in [-0.39, 0.29) is 5.56 Å².